The molecule has 0 radical (unpaired) electrons. The standard InChI is InChI=1S/C18H23N3O2S3/c1-12(2)14-3-5-15(6-4-14)16-10-25-18(20-16)21-17(24)19-9-13-7-8-26(22,23)11-13/h3-6,10,12-13H,7-9,11H2,1-2H3,(H2,19,20,21,24)/t13-/m0/s1. The Morgan fingerprint density at radius 2 is 2.08 bits per heavy atom. The molecule has 26 heavy (non-hydrogen) atoms. The first-order valence-electron chi connectivity index (χ1n) is 8.63. The largest absolute Gasteiger partial charge is 0.362 e. The molecule has 0 unspecified atom stereocenters. The maximum Gasteiger partial charge on any atom is 0.189 e. The first kappa shape index (κ1) is 19.3. The van der Waals surface area contributed by atoms with Gasteiger partial charge in [0.05, 0.1) is 17.2 Å². The number of rotatable bonds is 5. The van der Waals surface area contributed by atoms with Crippen LogP contribution < -0.4 is 10.6 Å². The quantitative estimate of drug-likeness (QED) is 0.735. The van der Waals surface area contributed by atoms with Gasteiger partial charge < -0.3 is 10.6 Å². The molecule has 140 valence electrons. The van der Waals surface area contributed by atoms with E-state index in [2.05, 4.69) is 53.7 Å². The molecule has 2 heterocycles. The minimum atomic E-state index is -2.85. The van der Waals surface area contributed by atoms with Gasteiger partial charge in [-0.05, 0) is 36.0 Å². The van der Waals surface area contributed by atoms with Gasteiger partial charge in [-0.1, -0.05) is 38.1 Å². The van der Waals surface area contributed by atoms with E-state index >= 15 is 0 Å². The number of hydrogen-bond donors (Lipinski definition) is 2. The summed E-state index contributed by atoms with van der Waals surface area (Å²) in [6, 6.07) is 8.44. The Morgan fingerprint density at radius 3 is 2.69 bits per heavy atom. The minimum Gasteiger partial charge on any atom is -0.362 e. The number of nitrogens with one attached hydrogen (secondary N) is 2. The van der Waals surface area contributed by atoms with Gasteiger partial charge in [0.15, 0.2) is 20.1 Å². The second-order valence-corrected chi connectivity index (χ2v) is 10.4. The third-order valence-corrected chi connectivity index (χ3v) is 7.32. The van der Waals surface area contributed by atoms with E-state index in [9.17, 15) is 8.42 Å². The average molecular weight is 410 g/mol. The van der Waals surface area contributed by atoms with Crippen LogP contribution in [-0.2, 0) is 9.84 Å². The molecule has 5 nitrogen and oxygen atoms in total. The van der Waals surface area contributed by atoms with Gasteiger partial charge in [0.25, 0.3) is 0 Å². The van der Waals surface area contributed by atoms with Gasteiger partial charge >= 0.3 is 0 Å². The molecule has 1 atom stereocenters. The molecule has 0 bridgehead atoms. The summed E-state index contributed by atoms with van der Waals surface area (Å²) in [4.78, 5) is 4.58. The number of nitrogens with zero attached hydrogens (tertiary/aromatic N) is 1. The predicted octanol–water partition coefficient (Wildman–Crippen LogP) is 3.65. The third-order valence-electron chi connectivity index (χ3n) is 4.48. The summed E-state index contributed by atoms with van der Waals surface area (Å²) in [5.74, 6) is 1.17. The maximum absolute atomic E-state index is 11.5. The van der Waals surface area contributed by atoms with Crippen LogP contribution in [0.3, 0.4) is 0 Å². The molecule has 1 saturated heterocycles. The highest BCUT2D eigenvalue weighted by Crippen LogP contribution is 2.26. The van der Waals surface area contributed by atoms with Crippen molar-refractivity contribution in [3.8, 4) is 11.3 Å². The zero-order valence-electron chi connectivity index (χ0n) is 14.9. The van der Waals surface area contributed by atoms with Crippen LogP contribution in [0, 0.1) is 5.92 Å². The van der Waals surface area contributed by atoms with Crippen molar-refractivity contribution >= 4 is 43.6 Å². The molecule has 0 amide bonds. The van der Waals surface area contributed by atoms with Crippen molar-refractivity contribution in [2.75, 3.05) is 23.4 Å². The lowest BCUT2D eigenvalue weighted by Gasteiger charge is -2.11. The van der Waals surface area contributed by atoms with Crippen LogP contribution in [0.25, 0.3) is 11.3 Å². The highest BCUT2D eigenvalue weighted by molar-refractivity contribution is 7.91. The number of hydrogen-bond acceptors (Lipinski definition) is 5. The molecule has 2 N–H and O–H groups in total. The van der Waals surface area contributed by atoms with Crippen molar-refractivity contribution < 1.29 is 8.42 Å². The van der Waals surface area contributed by atoms with Crippen molar-refractivity contribution in [1.29, 1.82) is 0 Å². The summed E-state index contributed by atoms with van der Waals surface area (Å²) >= 11 is 6.79. The van der Waals surface area contributed by atoms with Crippen molar-refractivity contribution in [3.63, 3.8) is 0 Å². The Balaban J connectivity index is 1.54. The lowest BCUT2D eigenvalue weighted by molar-refractivity contribution is 0.574. The molecular weight excluding hydrogens is 386 g/mol. The summed E-state index contributed by atoms with van der Waals surface area (Å²) in [6.45, 7) is 4.92. The molecule has 1 fully saturated rings. The summed E-state index contributed by atoms with van der Waals surface area (Å²) in [5, 5.41) is 9.39. The van der Waals surface area contributed by atoms with Crippen molar-refractivity contribution in [3.05, 3.63) is 35.2 Å². The van der Waals surface area contributed by atoms with E-state index in [1.54, 1.807) is 0 Å². The molecule has 0 aliphatic carbocycles. The van der Waals surface area contributed by atoms with Crippen LogP contribution in [0.15, 0.2) is 29.6 Å². The van der Waals surface area contributed by atoms with Crippen molar-refractivity contribution in [1.82, 2.24) is 10.3 Å². The average Bonchev–Trinajstić information content (AvgIpc) is 3.19. The van der Waals surface area contributed by atoms with Gasteiger partial charge in [-0.3, -0.25) is 0 Å². The summed E-state index contributed by atoms with van der Waals surface area (Å²) < 4.78 is 23.0. The van der Waals surface area contributed by atoms with Crippen LogP contribution in [0.4, 0.5) is 5.13 Å². The van der Waals surface area contributed by atoms with E-state index in [0.717, 1.165) is 16.4 Å². The Bertz CT molecular complexity index is 873. The minimum absolute atomic E-state index is 0.131. The number of thiazole rings is 1. The number of thiocarbonyl (C=S) groups is 1. The SMILES string of the molecule is CC(C)c1ccc(-c2csc(NC(=S)NC[C@@H]3CCS(=O)(=O)C3)n2)cc1. The molecular formula is C18H23N3O2S3. The van der Waals surface area contributed by atoms with E-state index in [1.807, 2.05) is 5.38 Å². The summed E-state index contributed by atoms with van der Waals surface area (Å²) in [7, 11) is -2.85. The van der Waals surface area contributed by atoms with Crippen LogP contribution in [0.2, 0.25) is 0 Å². The Morgan fingerprint density at radius 1 is 1.35 bits per heavy atom. The van der Waals surface area contributed by atoms with Gasteiger partial charge in [0.1, 0.15) is 0 Å². The Kier molecular flexibility index (Phi) is 5.94. The van der Waals surface area contributed by atoms with Crippen LogP contribution >= 0.6 is 23.6 Å². The topological polar surface area (TPSA) is 71.1 Å². The molecule has 1 aromatic carbocycles. The van der Waals surface area contributed by atoms with Crippen LogP contribution in [0.1, 0.15) is 31.7 Å². The number of sulfone groups is 1. The normalized spacial score (nSPS) is 18.8. The molecule has 1 aromatic heterocycles. The first-order chi connectivity index (χ1) is 12.3. The zero-order valence-corrected chi connectivity index (χ0v) is 17.3. The highest BCUT2D eigenvalue weighted by atomic mass is 32.2. The Labute approximate surface area is 164 Å². The van der Waals surface area contributed by atoms with Crippen molar-refractivity contribution in [2.24, 2.45) is 5.92 Å². The molecule has 1 aliphatic rings. The molecule has 1 aliphatic heterocycles. The van der Waals surface area contributed by atoms with Gasteiger partial charge in [-0.25, -0.2) is 13.4 Å². The van der Waals surface area contributed by atoms with Crippen LogP contribution in [0.5, 0.6) is 0 Å². The smallest absolute Gasteiger partial charge is 0.189 e. The molecule has 0 spiro atoms. The van der Waals surface area contributed by atoms with Gasteiger partial charge in [0, 0.05) is 17.5 Å². The number of benzene rings is 1. The third kappa shape index (κ3) is 5.02. The molecule has 0 saturated carbocycles. The van der Waals surface area contributed by atoms with Gasteiger partial charge in [-0.15, -0.1) is 11.3 Å². The van der Waals surface area contributed by atoms with Gasteiger partial charge in [0.2, 0.25) is 0 Å². The maximum atomic E-state index is 11.5. The fraction of sp³-hybridized carbons (Fsp3) is 0.444. The van der Waals surface area contributed by atoms with Crippen molar-refractivity contribution in [2.45, 2.75) is 26.2 Å². The lowest BCUT2D eigenvalue weighted by Crippen LogP contribution is -2.33. The Hall–Kier alpha value is -1.51. The van der Waals surface area contributed by atoms with E-state index in [0.29, 0.717) is 24.0 Å². The van der Waals surface area contributed by atoms with Gasteiger partial charge in [-0.2, -0.15) is 0 Å². The predicted molar refractivity (Wildman–Crippen MR) is 113 cm³/mol. The summed E-state index contributed by atoms with van der Waals surface area (Å²) in [6.07, 6.45) is 0.700. The molecule has 3 rings (SSSR count). The number of anilines is 1. The monoisotopic (exact) mass is 409 g/mol. The fourth-order valence-electron chi connectivity index (χ4n) is 2.91. The van der Waals surface area contributed by atoms with E-state index in [1.165, 1.54) is 16.9 Å². The highest BCUT2D eigenvalue weighted by Gasteiger charge is 2.27. The molecule has 2 aromatic rings. The first-order valence-corrected chi connectivity index (χ1v) is 11.7. The molecule has 8 heteroatoms. The fourth-order valence-corrected chi connectivity index (χ4v) is 5.74. The van der Waals surface area contributed by atoms with Crippen LogP contribution in [-0.4, -0.2) is 36.6 Å². The van der Waals surface area contributed by atoms with E-state index in [-0.39, 0.29) is 17.4 Å². The summed E-state index contributed by atoms with van der Waals surface area (Å²) in [5.41, 5.74) is 3.30. The number of aromatic nitrogens is 1. The lowest BCUT2D eigenvalue weighted by atomic mass is 10.0. The second-order valence-electron chi connectivity index (χ2n) is 6.92. The zero-order chi connectivity index (χ0) is 18.7. The van der Waals surface area contributed by atoms with E-state index < -0.39 is 9.84 Å². The van der Waals surface area contributed by atoms with E-state index in [4.69, 9.17) is 12.2 Å². The second kappa shape index (κ2) is 8.02.